The van der Waals surface area contributed by atoms with E-state index in [4.69, 9.17) is 4.98 Å². The number of imidazole rings is 2. The predicted molar refractivity (Wildman–Crippen MR) is 82.6 cm³/mol. The summed E-state index contributed by atoms with van der Waals surface area (Å²) in [6.07, 6.45) is 13.4. The van der Waals surface area contributed by atoms with Gasteiger partial charge in [-0.05, 0) is 36.5 Å². The first-order valence-electron chi connectivity index (χ1n) is 7.51. The molecular formula is C17H14N5. The van der Waals surface area contributed by atoms with Crippen molar-refractivity contribution in [3.05, 3.63) is 60.6 Å². The number of fused-ring (bicyclic) bond motifs is 2. The van der Waals surface area contributed by atoms with Crippen molar-refractivity contribution in [1.29, 1.82) is 0 Å². The molecule has 0 aliphatic heterocycles. The highest BCUT2D eigenvalue weighted by atomic mass is 15.1. The van der Waals surface area contributed by atoms with Crippen molar-refractivity contribution in [2.45, 2.75) is 25.3 Å². The molecule has 5 nitrogen and oxygen atoms in total. The van der Waals surface area contributed by atoms with E-state index in [0.29, 0.717) is 6.54 Å². The molecule has 1 aliphatic rings. The zero-order valence-corrected chi connectivity index (χ0v) is 12.0. The van der Waals surface area contributed by atoms with Crippen LogP contribution in [0.2, 0.25) is 0 Å². The van der Waals surface area contributed by atoms with Crippen LogP contribution in [-0.2, 0) is 6.54 Å². The Bertz CT molecular complexity index is 977. The summed E-state index contributed by atoms with van der Waals surface area (Å²) in [7, 11) is 0. The van der Waals surface area contributed by atoms with Crippen LogP contribution in [-0.4, -0.2) is 23.9 Å². The molecule has 0 aromatic carbocycles. The maximum Gasteiger partial charge on any atom is 0.137 e. The van der Waals surface area contributed by atoms with Crippen LogP contribution in [0.25, 0.3) is 16.7 Å². The summed E-state index contributed by atoms with van der Waals surface area (Å²) in [5.74, 6) is 0.760. The monoisotopic (exact) mass is 288 g/mol. The molecule has 0 unspecified atom stereocenters. The number of pyridine rings is 2. The van der Waals surface area contributed by atoms with E-state index in [-0.39, 0.29) is 0 Å². The minimum atomic E-state index is 0.703. The number of rotatable bonds is 3. The molecule has 5 rings (SSSR count). The van der Waals surface area contributed by atoms with Gasteiger partial charge in [-0.15, -0.1) is 0 Å². The van der Waals surface area contributed by atoms with Gasteiger partial charge in [0.15, 0.2) is 0 Å². The SMILES string of the molecule is [c]1cc2c(cn1)ncn2Cc1cn2cc(C3CC3)ccc2n1. The molecule has 1 fully saturated rings. The van der Waals surface area contributed by atoms with Crippen molar-refractivity contribution >= 4 is 16.7 Å². The highest BCUT2D eigenvalue weighted by molar-refractivity contribution is 5.73. The standard InChI is InChI=1S/C17H14N5/c1-2-12(1)13-3-4-17-20-14(9-21(17)8-13)10-22-11-19-15-7-18-6-5-16(15)22/h3-5,7-9,11-12H,1-2,10H2. The Labute approximate surface area is 127 Å². The van der Waals surface area contributed by atoms with Crippen molar-refractivity contribution in [3.8, 4) is 0 Å². The molecule has 4 heterocycles. The summed E-state index contributed by atoms with van der Waals surface area (Å²) in [5, 5.41) is 0. The number of hydrogen-bond donors (Lipinski definition) is 0. The van der Waals surface area contributed by atoms with Gasteiger partial charge < -0.3 is 8.97 Å². The van der Waals surface area contributed by atoms with E-state index in [1.54, 1.807) is 6.20 Å². The fraction of sp³-hybridized carbons (Fsp3) is 0.235. The van der Waals surface area contributed by atoms with E-state index < -0.39 is 0 Å². The van der Waals surface area contributed by atoms with Crippen LogP contribution in [0.4, 0.5) is 0 Å². The maximum absolute atomic E-state index is 4.70. The normalized spacial score (nSPS) is 14.9. The van der Waals surface area contributed by atoms with Gasteiger partial charge in [0.25, 0.3) is 0 Å². The third kappa shape index (κ3) is 1.89. The molecule has 0 N–H and O–H groups in total. The van der Waals surface area contributed by atoms with Gasteiger partial charge in [-0.25, -0.2) is 9.97 Å². The van der Waals surface area contributed by atoms with Gasteiger partial charge in [0.05, 0.1) is 36.5 Å². The quantitative estimate of drug-likeness (QED) is 0.582. The minimum absolute atomic E-state index is 0.703. The molecule has 0 amide bonds. The third-order valence-corrected chi connectivity index (χ3v) is 4.28. The van der Waals surface area contributed by atoms with Gasteiger partial charge in [-0.3, -0.25) is 4.98 Å². The van der Waals surface area contributed by atoms with Crippen molar-refractivity contribution < 1.29 is 0 Å². The smallest absolute Gasteiger partial charge is 0.137 e. The predicted octanol–water partition coefficient (Wildman–Crippen LogP) is 2.80. The summed E-state index contributed by atoms with van der Waals surface area (Å²) < 4.78 is 4.22. The Balaban J connectivity index is 1.53. The van der Waals surface area contributed by atoms with Gasteiger partial charge >= 0.3 is 0 Å². The van der Waals surface area contributed by atoms with Gasteiger partial charge in [0.2, 0.25) is 0 Å². The second-order valence-corrected chi connectivity index (χ2v) is 5.91. The molecule has 0 spiro atoms. The molecule has 0 bridgehead atoms. The summed E-state index contributed by atoms with van der Waals surface area (Å²) in [6.45, 7) is 0.703. The van der Waals surface area contributed by atoms with Gasteiger partial charge in [-0.2, -0.15) is 0 Å². The molecule has 0 atom stereocenters. The summed E-state index contributed by atoms with van der Waals surface area (Å²) >= 11 is 0. The average molecular weight is 288 g/mol. The lowest BCUT2D eigenvalue weighted by molar-refractivity contribution is 0.804. The Morgan fingerprint density at radius 3 is 3.09 bits per heavy atom. The van der Waals surface area contributed by atoms with Crippen molar-refractivity contribution in [2.75, 3.05) is 0 Å². The summed E-state index contributed by atoms with van der Waals surface area (Å²) in [6, 6.07) is 6.18. The molecule has 1 aliphatic carbocycles. The Hall–Kier alpha value is -2.69. The van der Waals surface area contributed by atoms with Gasteiger partial charge in [0.1, 0.15) is 11.2 Å². The average Bonchev–Trinajstić information content (AvgIpc) is 3.20. The number of hydrogen-bond acceptors (Lipinski definition) is 3. The molecular weight excluding hydrogens is 274 g/mol. The molecule has 4 aromatic rings. The lowest BCUT2D eigenvalue weighted by Gasteiger charge is -2.00. The van der Waals surface area contributed by atoms with Crippen molar-refractivity contribution in [2.24, 2.45) is 0 Å². The molecule has 22 heavy (non-hydrogen) atoms. The second-order valence-electron chi connectivity index (χ2n) is 5.91. The van der Waals surface area contributed by atoms with Crippen molar-refractivity contribution in [3.63, 3.8) is 0 Å². The van der Waals surface area contributed by atoms with Crippen LogP contribution in [0.1, 0.15) is 30.0 Å². The van der Waals surface area contributed by atoms with E-state index in [0.717, 1.165) is 28.3 Å². The molecule has 107 valence electrons. The fourth-order valence-corrected chi connectivity index (χ4v) is 2.96. The molecule has 1 saturated carbocycles. The van der Waals surface area contributed by atoms with Crippen LogP contribution < -0.4 is 0 Å². The first-order valence-corrected chi connectivity index (χ1v) is 7.51. The highest BCUT2D eigenvalue weighted by Crippen LogP contribution is 2.39. The molecule has 1 radical (unpaired) electrons. The number of nitrogens with zero attached hydrogens (tertiary/aromatic N) is 5. The molecule has 4 aromatic heterocycles. The van der Waals surface area contributed by atoms with Gasteiger partial charge in [-0.1, -0.05) is 6.07 Å². The molecule has 0 saturated heterocycles. The van der Waals surface area contributed by atoms with E-state index in [2.05, 4.69) is 49.7 Å². The van der Waals surface area contributed by atoms with Gasteiger partial charge in [0, 0.05) is 12.4 Å². The Morgan fingerprint density at radius 2 is 2.18 bits per heavy atom. The maximum atomic E-state index is 4.70. The summed E-state index contributed by atoms with van der Waals surface area (Å²) in [5.41, 5.74) is 5.37. The van der Waals surface area contributed by atoms with E-state index in [9.17, 15) is 0 Å². The van der Waals surface area contributed by atoms with Crippen LogP contribution >= 0.6 is 0 Å². The van der Waals surface area contributed by atoms with Crippen LogP contribution in [0, 0.1) is 6.20 Å². The fourth-order valence-electron chi connectivity index (χ4n) is 2.96. The second kappa shape index (κ2) is 4.40. The van der Waals surface area contributed by atoms with Crippen LogP contribution in [0.5, 0.6) is 0 Å². The first kappa shape index (κ1) is 11.9. The van der Waals surface area contributed by atoms with Crippen LogP contribution in [0.3, 0.4) is 0 Å². The van der Waals surface area contributed by atoms with Crippen LogP contribution in [0.15, 0.2) is 43.1 Å². The van der Waals surface area contributed by atoms with Crippen molar-refractivity contribution in [1.82, 2.24) is 23.9 Å². The minimum Gasteiger partial charge on any atom is -0.324 e. The topological polar surface area (TPSA) is 48.0 Å². The number of aromatic nitrogens is 5. The van der Waals surface area contributed by atoms with E-state index in [1.807, 2.05) is 12.4 Å². The largest absolute Gasteiger partial charge is 0.324 e. The summed E-state index contributed by atoms with van der Waals surface area (Å²) in [4.78, 5) is 13.0. The molecule has 5 heteroatoms. The van der Waals surface area contributed by atoms with E-state index in [1.165, 1.54) is 18.4 Å². The lowest BCUT2D eigenvalue weighted by Crippen LogP contribution is -1.98. The zero-order valence-electron chi connectivity index (χ0n) is 12.0. The first-order chi connectivity index (χ1) is 10.9. The third-order valence-electron chi connectivity index (χ3n) is 4.28. The Kier molecular flexibility index (Phi) is 2.38. The highest BCUT2D eigenvalue weighted by Gasteiger charge is 2.23. The lowest BCUT2D eigenvalue weighted by atomic mass is 10.2. The van der Waals surface area contributed by atoms with E-state index >= 15 is 0 Å². The zero-order chi connectivity index (χ0) is 14.5. The Morgan fingerprint density at radius 1 is 1.23 bits per heavy atom.